The van der Waals surface area contributed by atoms with Gasteiger partial charge in [-0.2, -0.15) is 0 Å². The van der Waals surface area contributed by atoms with Gasteiger partial charge in [-0.3, -0.25) is 0 Å². The summed E-state index contributed by atoms with van der Waals surface area (Å²) in [4.78, 5) is 4.31. The molecular formula is C13H25N3O2S2+2. The number of hydrogen-bond acceptors (Lipinski definition) is 3. The minimum absolute atomic E-state index is 0.0861. The van der Waals surface area contributed by atoms with E-state index >= 15 is 0 Å². The van der Waals surface area contributed by atoms with Gasteiger partial charge in [0, 0.05) is 0 Å². The molecule has 2 atom stereocenters. The molecule has 0 aliphatic carbocycles. The second-order valence-corrected chi connectivity index (χ2v) is 8.55. The number of rotatable bonds is 5. The molecule has 20 heavy (non-hydrogen) atoms. The second-order valence-electron chi connectivity index (χ2n) is 5.79. The third kappa shape index (κ3) is 4.26. The first-order valence-electron chi connectivity index (χ1n) is 7.03. The van der Waals surface area contributed by atoms with E-state index in [1.807, 2.05) is 13.0 Å². The van der Waals surface area contributed by atoms with Crippen LogP contribution in [-0.4, -0.2) is 53.9 Å². The summed E-state index contributed by atoms with van der Waals surface area (Å²) >= 11 is 1.72. The van der Waals surface area contributed by atoms with Gasteiger partial charge < -0.3 is 9.80 Å². The number of quaternary nitrogens is 2. The molecule has 1 aliphatic rings. The topological polar surface area (TPSA) is 55.0 Å². The van der Waals surface area contributed by atoms with Crippen LogP contribution in [0.5, 0.6) is 0 Å². The standard InChI is InChI=1S/C13H23N3O2S2/c1-11(14-20(3,17)18)13(12-5-4-10-19-12)16-8-6-15(2)7-9-16/h4-5,10-11,13-14H,6-9H2,1-3H3/p+2. The average Bonchev–Trinajstić information content (AvgIpc) is 2.83. The molecule has 1 aromatic heterocycles. The van der Waals surface area contributed by atoms with Crippen molar-refractivity contribution in [3.8, 4) is 0 Å². The van der Waals surface area contributed by atoms with Gasteiger partial charge in [-0.05, 0) is 18.4 Å². The fraction of sp³-hybridized carbons (Fsp3) is 0.692. The van der Waals surface area contributed by atoms with Gasteiger partial charge in [0.2, 0.25) is 10.0 Å². The van der Waals surface area contributed by atoms with Crippen LogP contribution in [0.2, 0.25) is 0 Å². The predicted octanol–water partition coefficient (Wildman–Crippen LogP) is -1.86. The van der Waals surface area contributed by atoms with Crippen LogP contribution in [0.4, 0.5) is 0 Å². The van der Waals surface area contributed by atoms with Gasteiger partial charge in [0.25, 0.3) is 0 Å². The minimum atomic E-state index is -3.17. The highest BCUT2D eigenvalue weighted by Crippen LogP contribution is 2.20. The number of thiophene rings is 1. The lowest BCUT2D eigenvalue weighted by Crippen LogP contribution is -3.27. The fourth-order valence-electron chi connectivity index (χ4n) is 2.98. The third-order valence-corrected chi connectivity index (χ3v) is 5.69. The van der Waals surface area contributed by atoms with Gasteiger partial charge in [-0.15, -0.1) is 11.3 Å². The number of nitrogens with one attached hydrogen (secondary N) is 3. The van der Waals surface area contributed by atoms with E-state index in [0.717, 1.165) is 26.2 Å². The Bertz CT molecular complexity index is 508. The van der Waals surface area contributed by atoms with E-state index < -0.39 is 10.0 Å². The zero-order chi connectivity index (χ0) is 14.8. The Labute approximate surface area is 125 Å². The van der Waals surface area contributed by atoms with Gasteiger partial charge in [-0.25, -0.2) is 13.1 Å². The lowest BCUT2D eigenvalue weighted by atomic mass is 10.1. The van der Waals surface area contributed by atoms with Crippen LogP contribution in [0.3, 0.4) is 0 Å². The largest absolute Gasteiger partial charge is 0.328 e. The van der Waals surface area contributed by atoms with Crippen molar-refractivity contribution in [1.29, 1.82) is 0 Å². The molecule has 1 aromatic rings. The highest BCUT2D eigenvalue weighted by molar-refractivity contribution is 7.88. The summed E-state index contributed by atoms with van der Waals surface area (Å²) in [6, 6.07) is 4.28. The van der Waals surface area contributed by atoms with E-state index in [0.29, 0.717) is 0 Å². The van der Waals surface area contributed by atoms with Crippen LogP contribution >= 0.6 is 11.3 Å². The van der Waals surface area contributed by atoms with Crippen molar-refractivity contribution >= 4 is 21.4 Å². The number of sulfonamides is 1. The molecule has 5 nitrogen and oxygen atoms in total. The van der Waals surface area contributed by atoms with E-state index in [9.17, 15) is 8.42 Å². The van der Waals surface area contributed by atoms with Crippen molar-refractivity contribution < 1.29 is 18.2 Å². The Morgan fingerprint density at radius 2 is 1.95 bits per heavy atom. The summed E-state index contributed by atoms with van der Waals surface area (Å²) in [7, 11) is -0.955. The third-order valence-electron chi connectivity index (χ3n) is 3.94. The molecule has 0 amide bonds. The first kappa shape index (κ1) is 15.9. The highest BCUT2D eigenvalue weighted by Gasteiger charge is 2.35. The van der Waals surface area contributed by atoms with Crippen LogP contribution in [-0.2, 0) is 10.0 Å². The summed E-state index contributed by atoms with van der Waals surface area (Å²) < 4.78 is 25.8. The van der Waals surface area contributed by atoms with Gasteiger partial charge in [0.1, 0.15) is 32.2 Å². The molecule has 0 aromatic carbocycles. The summed E-state index contributed by atoms with van der Waals surface area (Å²) in [5, 5.41) is 2.07. The highest BCUT2D eigenvalue weighted by atomic mass is 32.2. The summed E-state index contributed by atoms with van der Waals surface area (Å²) in [6.07, 6.45) is 1.23. The van der Waals surface area contributed by atoms with Gasteiger partial charge in [-0.1, -0.05) is 6.07 Å². The van der Waals surface area contributed by atoms with Crippen LogP contribution in [0.1, 0.15) is 17.8 Å². The maximum atomic E-state index is 11.5. The molecule has 1 aliphatic heterocycles. The molecule has 0 spiro atoms. The smallest absolute Gasteiger partial charge is 0.209 e. The molecule has 0 radical (unpaired) electrons. The van der Waals surface area contributed by atoms with Crippen molar-refractivity contribution in [3.63, 3.8) is 0 Å². The first-order chi connectivity index (χ1) is 9.37. The monoisotopic (exact) mass is 319 g/mol. The van der Waals surface area contributed by atoms with Crippen molar-refractivity contribution in [1.82, 2.24) is 4.72 Å². The Balaban J connectivity index is 2.17. The molecule has 1 saturated heterocycles. The molecule has 2 heterocycles. The lowest BCUT2D eigenvalue weighted by molar-refractivity contribution is -1.02. The molecule has 3 N–H and O–H groups in total. The van der Waals surface area contributed by atoms with Crippen LogP contribution in [0.25, 0.3) is 0 Å². The van der Waals surface area contributed by atoms with Crippen LogP contribution < -0.4 is 14.5 Å². The Morgan fingerprint density at radius 1 is 1.30 bits per heavy atom. The Hall–Kier alpha value is -0.470. The first-order valence-corrected chi connectivity index (χ1v) is 9.80. The van der Waals surface area contributed by atoms with Gasteiger partial charge in [0.05, 0.1) is 24.2 Å². The van der Waals surface area contributed by atoms with E-state index in [1.165, 1.54) is 16.0 Å². The molecule has 2 rings (SSSR count). The second kappa shape index (κ2) is 6.53. The van der Waals surface area contributed by atoms with Crippen molar-refractivity contribution in [2.45, 2.75) is 19.0 Å². The fourth-order valence-corrected chi connectivity index (χ4v) is 4.78. The normalized spacial score (nSPS) is 27.1. The number of likely N-dealkylation sites (N-methyl/N-ethyl adjacent to an activating group) is 1. The Kier molecular flexibility index (Phi) is 5.19. The molecule has 7 heteroatoms. The Morgan fingerprint density at radius 3 is 2.45 bits per heavy atom. The molecule has 1 fully saturated rings. The molecule has 114 valence electrons. The summed E-state index contributed by atoms with van der Waals surface area (Å²) in [5.41, 5.74) is 0. The number of piperazine rings is 1. The quantitative estimate of drug-likeness (QED) is 0.596. The van der Waals surface area contributed by atoms with Crippen molar-refractivity contribution in [3.05, 3.63) is 22.4 Å². The van der Waals surface area contributed by atoms with Gasteiger partial charge in [0.15, 0.2) is 0 Å². The minimum Gasteiger partial charge on any atom is -0.328 e. The van der Waals surface area contributed by atoms with Gasteiger partial charge >= 0.3 is 0 Å². The maximum Gasteiger partial charge on any atom is 0.209 e. The zero-order valence-corrected chi connectivity index (χ0v) is 14.0. The van der Waals surface area contributed by atoms with E-state index in [1.54, 1.807) is 16.2 Å². The van der Waals surface area contributed by atoms with Crippen molar-refractivity contribution in [2.75, 3.05) is 39.5 Å². The van der Waals surface area contributed by atoms with E-state index in [-0.39, 0.29) is 12.1 Å². The SMILES string of the molecule is CC(NS(C)(=O)=O)C(c1cccs1)[NH+]1CC[NH+](C)CC1. The van der Waals surface area contributed by atoms with E-state index in [2.05, 4.69) is 23.2 Å². The molecule has 2 unspecified atom stereocenters. The van der Waals surface area contributed by atoms with Crippen LogP contribution in [0.15, 0.2) is 17.5 Å². The molecular weight excluding hydrogens is 294 g/mol. The zero-order valence-electron chi connectivity index (χ0n) is 12.3. The van der Waals surface area contributed by atoms with E-state index in [4.69, 9.17) is 0 Å². The van der Waals surface area contributed by atoms with Crippen LogP contribution in [0, 0.1) is 0 Å². The predicted molar refractivity (Wildman–Crippen MR) is 81.8 cm³/mol. The summed E-state index contributed by atoms with van der Waals surface area (Å²) in [5.74, 6) is 0. The molecule has 0 bridgehead atoms. The molecule has 0 saturated carbocycles. The maximum absolute atomic E-state index is 11.5. The lowest BCUT2D eigenvalue weighted by Gasteiger charge is -2.35. The van der Waals surface area contributed by atoms with Crippen molar-refractivity contribution in [2.24, 2.45) is 0 Å². The summed E-state index contributed by atoms with van der Waals surface area (Å²) in [6.45, 7) is 6.43. The average molecular weight is 319 g/mol. The number of hydrogen-bond donors (Lipinski definition) is 3.